The van der Waals surface area contributed by atoms with Crippen LogP contribution in [0.15, 0.2) is 0 Å². The zero-order chi connectivity index (χ0) is 30.8. The van der Waals surface area contributed by atoms with Gasteiger partial charge in [-0.2, -0.15) is 0 Å². The van der Waals surface area contributed by atoms with Crippen LogP contribution in [0, 0.1) is 50.5 Å². The molecule has 5 aliphatic rings. The number of nitro groups is 1. The molecule has 2 amide bonds. The SMILES string of the molecule is CC(C)C[C@H](NC(=O)[C@H](CCCNC(=N)N[N+](=O)[O-])NC(=O)C1CCCCC1C)B1O[C@@H]2C[C@@H]3C[C@@H](C3(C)C)[C@]2(C)O1. The summed E-state index contributed by atoms with van der Waals surface area (Å²) >= 11 is 0. The third-order valence-electron chi connectivity index (χ3n) is 10.6. The molecule has 8 atom stereocenters. The Morgan fingerprint density at radius 3 is 2.50 bits per heavy atom. The van der Waals surface area contributed by atoms with Gasteiger partial charge in [0.1, 0.15) is 6.04 Å². The Kier molecular flexibility index (Phi) is 10.1. The molecule has 5 fully saturated rings. The van der Waals surface area contributed by atoms with Crippen molar-refractivity contribution in [2.45, 2.75) is 123 Å². The maximum atomic E-state index is 13.8. The first-order valence-electron chi connectivity index (χ1n) is 15.9. The highest BCUT2D eigenvalue weighted by atomic mass is 16.7. The molecular formula is C29H51BN6O6. The van der Waals surface area contributed by atoms with Gasteiger partial charge in [0, 0.05) is 12.5 Å². The van der Waals surface area contributed by atoms with E-state index in [4.69, 9.17) is 14.7 Å². The van der Waals surface area contributed by atoms with E-state index in [1.165, 1.54) is 0 Å². The summed E-state index contributed by atoms with van der Waals surface area (Å²) in [6, 6.07) is -0.785. The number of carbonyl (C=O) groups excluding carboxylic acids is 2. The zero-order valence-corrected chi connectivity index (χ0v) is 26.2. The molecule has 1 heterocycles. The third-order valence-corrected chi connectivity index (χ3v) is 10.6. The van der Waals surface area contributed by atoms with Crippen LogP contribution in [0.2, 0.25) is 0 Å². The second kappa shape index (κ2) is 13.1. The molecule has 1 aliphatic heterocycles. The van der Waals surface area contributed by atoms with Crippen LogP contribution in [-0.4, -0.2) is 60.2 Å². The number of nitrogens with zero attached hydrogens (tertiary/aromatic N) is 1. The lowest BCUT2D eigenvalue weighted by molar-refractivity contribution is -0.525. The maximum absolute atomic E-state index is 13.8. The van der Waals surface area contributed by atoms with Crippen molar-refractivity contribution in [2.75, 3.05) is 6.54 Å². The summed E-state index contributed by atoms with van der Waals surface area (Å²) in [6.07, 6.45) is 7.44. The summed E-state index contributed by atoms with van der Waals surface area (Å²) < 4.78 is 13.2. The van der Waals surface area contributed by atoms with Crippen molar-refractivity contribution in [3.05, 3.63) is 10.1 Å². The highest BCUT2D eigenvalue weighted by Gasteiger charge is 2.68. The second-order valence-corrected chi connectivity index (χ2v) is 14.3. The van der Waals surface area contributed by atoms with Gasteiger partial charge in [-0.05, 0) is 81.0 Å². The first-order valence-corrected chi connectivity index (χ1v) is 15.9. The summed E-state index contributed by atoms with van der Waals surface area (Å²) in [5.41, 5.74) is 1.59. The maximum Gasteiger partial charge on any atom is 0.481 e. The predicted molar refractivity (Wildman–Crippen MR) is 160 cm³/mol. The van der Waals surface area contributed by atoms with Gasteiger partial charge in [0.05, 0.1) is 17.6 Å². The Hall–Kier alpha value is -2.41. The van der Waals surface area contributed by atoms with Crippen LogP contribution < -0.4 is 21.4 Å². The fourth-order valence-electron chi connectivity index (χ4n) is 8.00. The van der Waals surface area contributed by atoms with Gasteiger partial charge in [-0.3, -0.25) is 15.0 Å². The lowest BCUT2D eigenvalue weighted by Gasteiger charge is -2.64. The molecule has 4 saturated carbocycles. The second-order valence-electron chi connectivity index (χ2n) is 14.3. The van der Waals surface area contributed by atoms with Crippen LogP contribution in [0.3, 0.4) is 0 Å². The molecule has 42 heavy (non-hydrogen) atoms. The van der Waals surface area contributed by atoms with E-state index >= 15 is 0 Å². The lowest BCUT2D eigenvalue weighted by atomic mass is 9.43. The molecule has 12 nitrogen and oxygen atoms in total. The Labute approximate surface area is 250 Å². The van der Waals surface area contributed by atoms with E-state index in [2.05, 4.69) is 57.5 Å². The fraction of sp³-hybridized carbons (Fsp3) is 0.897. The quantitative estimate of drug-likeness (QED) is 0.0577. The molecule has 0 aromatic carbocycles. The number of hydrazine groups is 1. The zero-order valence-electron chi connectivity index (χ0n) is 26.2. The fourth-order valence-corrected chi connectivity index (χ4v) is 8.00. The lowest BCUT2D eigenvalue weighted by Crippen LogP contribution is -2.65. The van der Waals surface area contributed by atoms with Gasteiger partial charge >= 0.3 is 7.12 Å². The normalized spacial score (nSPS) is 32.6. The Bertz CT molecular complexity index is 1030. The summed E-state index contributed by atoms with van der Waals surface area (Å²) in [4.78, 5) is 37.8. The molecule has 1 saturated heterocycles. The van der Waals surface area contributed by atoms with Gasteiger partial charge < -0.3 is 25.3 Å². The molecule has 0 spiro atoms. The van der Waals surface area contributed by atoms with Gasteiger partial charge in [-0.25, -0.2) is 10.1 Å². The average molecular weight is 591 g/mol. The monoisotopic (exact) mass is 590 g/mol. The van der Waals surface area contributed by atoms with Crippen molar-refractivity contribution in [1.82, 2.24) is 21.4 Å². The first-order chi connectivity index (χ1) is 19.7. The van der Waals surface area contributed by atoms with Gasteiger partial charge in [0.15, 0.2) is 5.03 Å². The Morgan fingerprint density at radius 1 is 1.14 bits per heavy atom. The standard InChI is InChI=1S/C29H51BN6O6/c1-17(2)14-24(30-41-23-16-19-15-22(28(19,4)5)29(23,6)42-30)34-26(38)21(12-9-13-32-27(31)35-36(39)40)33-25(37)20-11-8-7-10-18(20)3/h17-24H,7-16H2,1-6H3,(H,33,37)(H,34,38)(H3,31,32,35)/t18?,19-,20?,21-,22-,23+,24-,29-/m0/s1. The number of hydrogen-bond acceptors (Lipinski definition) is 7. The highest BCUT2D eigenvalue weighted by molar-refractivity contribution is 6.48. The van der Waals surface area contributed by atoms with E-state index in [0.29, 0.717) is 31.1 Å². The van der Waals surface area contributed by atoms with Crippen molar-refractivity contribution in [3.63, 3.8) is 0 Å². The number of carbonyl (C=O) groups is 2. The van der Waals surface area contributed by atoms with Gasteiger partial charge in [0.2, 0.25) is 11.8 Å². The first kappa shape index (κ1) is 32.5. The highest BCUT2D eigenvalue weighted by Crippen LogP contribution is 2.65. The molecule has 2 bridgehead atoms. The molecule has 13 heteroatoms. The van der Waals surface area contributed by atoms with Crippen LogP contribution >= 0.6 is 0 Å². The van der Waals surface area contributed by atoms with Gasteiger partial charge in [-0.1, -0.05) is 52.9 Å². The van der Waals surface area contributed by atoms with E-state index < -0.39 is 24.2 Å². The van der Waals surface area contributed by atoms with Crippen LogP contribution in [0.25, 0.3) is 0 Å². The summed E-state index contributed by atoms with van der Waals surface area (Å²) in [5.74, 6) is 0.257. The molecule has 0 aromatic heterocycles. The van der Waals surface area contributed by atoms with Gasteiger partial charge in [-0.15, -0.1) is 0 Å². The molecular weight excluding hydrogens is 539 g/mol. The van der Waals surface area contributed by atoms with Crippen molar-refractivity contribution in [3.8, 4) is 0 Å². The number of amides is 2. The van der Waals surface area contributed by atoms with Crippen LogP contribution in [0.1, 0.15) is 99.3 Å². The van der Waals surface area contributed by atoms with E-state index in [1.807, 2.05) is 0 Å². The molecule has 0 aromatic rings. The Morgan fingerprint density at radius 2 is 1.86 bits per heavy atom. The molecule has 2 unspecified atom stereocenters. The summed E-state index contributed by atoms with van der Waals surface area (Å²) in [6.45, 7) is 13.3. The van der Waals surface area contributed by atoms with Crippen LogP contribution in [0.4, 0.5) is 0 Å². The molecule has 236 valence electrons. The van der Waals surface area contributed by atoms with E-state index in [0.717, 1.165) is 38.5 Å². The van der Waals surface area contributed by atoms with Crippen molar-refractivity contribution in [1.29, 1.82) is 5.41 Å². The smallest absolute Gasteiger partial charge is 0.404 e. The van der Waals surface area contributed by atoms with Crippen molar-refractivity contribution < 1.29 is 23.9 Å². The van der Waals surface area contributed by atoms with Gasteiger partial charge in [0.25, 0.3) is 5.96 Å². The number of hydrogen-bond donors (Lipinski definition) is 5. The number of guanidine groups is 1. The number of nitrogens with one attached hydrogen (secondary N) is 5. The van der Waals surface area contributed by atoms with E-state index in [9.17, 15) is 19.7 Å². The average Bonchev–Trinajstić information content (AvgIpc) is 3.26. The van der Waals surface area contributed by atoms with E-state index in [-0.39, 0.29) is 59.2 Å². The minimum Gasteiger partial charge on any atom is -0.404 e. The Balaban J connectivity index is 1.43. The topological polar surface area (TPSA) is 168 Å². The van der Waals surface area contributed by atoms with Crippen molar-refractivity contribution in [2.24, 2.45) is 35.0 Å². The minimum absolute atomic E-state index is 0.00305. The predicted octanol–water partition coefficient (Wildman–Crippen LogP) is 3.18. The van der Waals surface area contributed by atoms with Crippen molar-refractivity contribution >= 4 is 24.9 Å². The van der Waals surface area contributed by atoms with Crippen LogP contribution in [0.5, 0.6) is 0 Å². The van der Waals surface area contributed by atoms with Crippen LogP contribution in [-0.2, 0) is 18.9 Å². The molecule has 5 rings (SSSR count). The molecule has 4 aliphatic carbocycles. The van der Waals surface area contributed by atoms with E-state index in [1.54, 1.807) is 5.43 Å². The third kappa shape index (κ3) is 7.04. The molecule has 5 N–H and O–H groups in total. The molecule has 0 radical (unpaired) electrons. The number of rotatable bonds is 12. The summed E-state index contributed by atoms with van der Waals surface area (Å²) in [7, 11) is -0.563. The summed E-state index contributed by atoms with van der Waals surface area (Å²) in [5, 5.41) is 26.2. The minimum atomic E-state index is -0.805. The largest absolute Gasteiger partial charge is 0.481 e.